The van der Waals surface area contributed by atoms with E-state index in [2.05, 4.69) is 5.32 Å². The number of nitrogens with one attached hydrogen (secondary N) is 1. The number of methoxy groups -OCH3 is 2. The number of halogens is 1. The molecule has 0 saturated heterocycles. The molecule has 3 N–H and O–H groups in total. The van der Waals surface area contributed by atoms with E-state index in [-0.39, 0.29) is 24.5 Å². The Bertz CT molecular complexity index is 1530. The van der Waals surface area contributed by atoms with E-state index in [1.165, 1.54) is 20.8 Å². The summed E-state index contributed by atoms with van der Waals surface area (Å²) >= 11 is 6.34. The van der Waals surface area contributed by atoms with Gasteiger partial charge < -0.3 is 44.2 Å². The van der Waals surface area contributed by atoms with E-state index < -0.39 is 17.7 Å². The summed E-state index contributed by atoms with van der Waals surface area (Å²) < 4.78 is 22.4. The number of hydrogen-bond acceptors (Lipinski definition) is 9. The van der Waals surface area contributed by atoms with Gasteiger partial charge in [0.15, 0.2) is 17.1 Å². The summed E-state index contributed by atoms with van der Waals surface area (Å²) in [7, 11) is 5.08. The first kappa shape index (κ1) is 40.9. The van der Waals surface area contributed by atoms with E-state index in [1.54, 1.807) is 32.4 Å². The number of aliphatic hydroxyl groups excluding tert-OH is 1. The molecule has 3 rings (SSSR count). The van der Waals surface area contributed by atoms with Crippen LogP contribution >= 0.6 is 11.6 Å². The van der Waals surface area contributed by atoms with Crippen molar-refractivity contribution in [2.75, 3.05) is 52.5 Å². The molecule has 268 valence electrons. The van der Waals surface area contributed by atoms with Crippen molar-refractivity contribution in [3.05, 3.63) is 82.4 Å². The van der Waals surface area contributed by atoms with Crippen LogP contribution in [-0.4, -0.2) is 81.5 Å². The van der Waals surface area contributed by atoms with Crippen molar-refractivity contribution < 1.29 is 43.5 Å². The zero-order valence-electron chi connectivity index (χ0n) is 29.5. The predicted molar refractivity (Wildman–Crippen MR) is 190 cm³/mol. The topological polar surface area (TPSA) is 144 Å². The third kappa shape index (κ3) is 12.6. The molecule has 49 heavy (non-hydrogen) atoms. The molecule has 12 heteroatoms. The first-order valence-corrected chi connectivity index (χ1v) is 16.1. The number of aliphatic carboxylic acids is 1. The first-order valence-electron chi connectivity index (χ1n) is 15.7. The number of nitrogens with zero attached hydrogens (tertiary/aromatic N) is 1. The van der Waals surface area contributed by atoms with Crippen molar-refractivity contribution in [2.24, 2.45) is 5.41 Å². The number of carbonyl (C=O) groups is 3. The Morgan fingerprint density at radius 2 is 1.67 bits per heavy atom. The van der Waals surface area contributed by atoms with Crippen LogP contribution in [0.1, 0.15) is 57.4 Å². The predicted octanol–water partition coefficient (Wildman–Crippen LogP) is 5.72. The normalized spacial score (nSPS) is 11.8. The van der Waals surface area contributed by atoms with Gasteiger partial charge in [-0.1, -0.05) is 49.7 Å². The second-order valence-corrected chi connectivity index (χ2v) is 13.1. The summed E-state index contributed by atoms with van der Waals surface area (Å²) in [6, 6.07) is 18.2. The van der Waals surface area contributed by atoms with Crippen molar-refractivity contribution in [3.8, 4) is 17.2 Å². The minimum atomic E-state index is -1.25. The summed E-state index contributed by atoms with van der Waals surface area (Å²) in [5, 5.41) is 21.9. The monoisotopic (exact) mass is 700 g/mol. The Morgan fingerprint density at radius 3 is 2.22 bits per heavy atom. The Morgan fingerprint density at radius 1 is 1.00 bits per heavy atom. The van der Waals surface area contributed by atoms with Crippen molar-refractivity contribution in [1.82, 2.24) is 5.32 Å². The number of para-hydroxylation sites is 1. The van der Waals surface area contributed by atoms with Gasteiger partial charge >= 0.3 is 5.97 Å². The number of rotatable bonds is 17. The number of ether oxygens (including phenoxy) is 4. The largest absolute Gasteiger partial charge is 0.493 e. The van der Waals surface area contributed by atoms with Gasteiger partial charge in [-0.05, 0) is 62.2 Å². The van der Waals surface area contributed by atoms with Crippen molar-refractivity contribution in [3.63, 3.8) is 0 Å². The van der Waals surface area contributed by atoms with Crippen LogP contribution in [0.4, 0.5) is 5.69 Å². The maximum Gasteiger partial charge on any atom is 0.347 e. The molecule has 0 aliphatic carbocycles. The summed E-state index contributed by atoms with van der Waals surface area (Å²) in [6.07, 6.45) is 0.818. The van der Waals surface area contributed by atoms with Gasteiger partial charge in [-0.15, -0.1) is 0 Å². The number of anilines is 1. The van der Waals surface area contributed by atoms with Crippen LogP contribution in [0.15, 0.2) is 60.7 Å². The molecule has 1 unspecified atom stereocenters. The highest BCUT2D eigenvalue weighted by atomic mass is 35.5. The van der Waals surface area contributed by atoms with E-state index in [0.29, 0.717) is 41.6 Å². The van der Waals surface area contributed by atoms with Crippen molar-refractivity contribution >= 4 is 35.5 Å². The van der Waals surface area contributed by atoms with E-state index in [4.69, 9.17) is 35.7 Å². The second kappa shape index (κ2) is 19.0. The smallest absolute Gasteiger partial charge is 0.347 e. The average Bonchev–Trinajstić information content (AvgIpc) is 3.05. The molecule has 3 aromatic carbocycles. The number of aliphatic hydroxyl groups is 1. The molecular formula is C37H49ClN2O9. The third-order valence-corrected chi connectivity index (χ3v) is 7.66. The van der Waals surface area contributed by atoms with Crippen molar-refractivity contribution in [1.29, 1.82) is 0 Å². The maximum absolute atomic E-state index is 11.1. The minimum absolute atomic E-state index is 0.0506. The number of carboxylic acid groups (broad SMARTS) is 1. The van der Waals surface area contributed by atoms with Gasteiger partial charge in [0.25, 0.3) is 0 Å². The van der Waals surface area contributed by atoms with Gasteiger partial charge in [-0.3, -0.25) is 4.79 Å². The molecule has 0 aliphatic rings. The van der Waals surface area contributed by atoms with E-state index in [1.807, 2.05) is 68.3 Å². The molecule has 0 fully saturated rings. The average molecular weight is 701 g/mol. The third-order valence-electron chi connectivity index (χ3n) is 7.42. The lowest BCUT2D eigenvalue weighted by molar-refractivity contribution is -0.152. The first-order chi connectivity index (χ1) is 23.1. The number of carboxylic acids is 1. The molecule has 3 aromatic rings. The Kier molecular flexibility index (Phi) is 15.9. The molecule has 0 spiro atoms. The summed E-state index contributed by atoms with van der Waals surface area (Å²) in [4.78, 5) is 34.8. The molecule has 0 radical (unpaired) electrons. The number of carbonyl (C=O) groups excluding carboxylic acids is 2. The lowest BCUT2D eigenvalue weighted by Crippen LogP contribution is -2.37. The molecule has 0 saturated carbocycles. The molecule has 0 aliphatic heterocycles. The van der Waals surface area contributed by atoms with Gasteiger partial charge in [0.05, 0.1) is 14.2 Å². The van der Waals surface area contributed by atoms with E-state index in [0.717, 1.165) is 28.8 Å². The lowest BCUT2D eigenvalue weighted by atomic mass is 9.93. The van der Waals surface area contributed by atoms with E-state index in [9.17, 15) is 19.5 Å². The Labute approximate surface area is 294 Å². The fraction of sp³-hybridized carbons (Fsp3) is 0.432. The van der Waals surface area contributed by atoms with Gasteiger partial charge in [0.1, 0.15) is 24.7 Å². The van der Waals surface area contributed by atoms with Crippen LogP contribution in [0, 0.1) is 5.41 Å². The van der Waals surface area contributed by atoms with Gasteiger partial charge in [-0.2, -0.15) is 0 Å². The number of hydrogen-bond donors (Lipinski definition) is 3. The Hall–Kier alpha value is -4.32. The second-order valence-electron chi connectivity index (χ2n) is 12.6. The Balaban J connectivity index is 0.000000377. The highest BCUT2D eigenvalue weighted by Gasteiger charge is 2.29. The highest BCUT2D eigenvalue weighted by Crippen LogP contribution is 2.42. The molecule has 0 heterocycles. The number of benzene rings is 3. The fourth-order valence-corrected chi connectivity index (χ4v) is 5.09. The standard InChI is InChI=1S/C23H30ClNO5.C14H19NO4/c1-23(2,15-27)14-25(3)19-10-9-16(24)13-18(19)21(30-12-11-26)17-7-6-8-20(28-4)22(17)29-5;1-10(16)15-9-8-11-4-6-12(7-5-11)19-14(2,3)13(17)18/h6-11,13,21,27H,12,14-15H2,1-5H3;4-7H,8-9H2,1-3H3,(H,15,16)(H,17,18). The van der Waals surface area contributed by atoms with Crippen LogP contribution in [0.3, 0.4) is 0 Å². The minimum Gasteiger partial charge on any atom is -0.493 e. The molecule has 1 atom stereocenters. The zero-order chi connectivity index (χ0) is 36.8. The molecule has 0 bridgehead atoms. The van der Waals surface area contributed by atoms with Gasteiger partial charge in [-0.25, -0.2) is 4.79 Å². The number of aldehydes is 1. The molecule has 1 amide bonds. The van der Waals surface area contributed by atoms with Gasteiger partial charge in [0.2, 0.25) is 5.91 Å². The van der Waals surface area contributed by atoms with Crippen LogP contribution in [-0.2, 0) is 25.5 Å². The summed E-state index contributed by atoms with van der Waals surface area (Å²) in [5.41, 5.74) is 1.87. The molecular weight excluding hydrogens is 652 g/mol. The van der Waals surface area contributed by atoms with Gasteiger partial charge in [0, 0.05) is 60.9 Å². The SMILES string of the molecule is CC(=O)NCCc1ccc(OC(C)(C)C(=O)O)cc1.COc1cccc(C(OCC=O)c2cc(Cl)ccc2N(C)CC(C)(C)CO)c1OC. The van der Waals surface area contributed by atoms with E-state index >= 15 is 0 Å². The van der Waals surface area contributed by atoms with Crippen LogP contribution in [0.5, 0.6) is 17.2 Å². The van der Waals surface area contributed by atoms with Crippen LogP contribution in [0.25, 0.3) is 0 Å². The van der Waals surface area contributed by atoms with Crippen LogP contribution in [0.2, 0.25) is 5.02 Å². The summed E-state index contributed by atoms with van der Waals surface area (Å²) in [5.74, 6) is 0.536. The molecule has 11 nitrogen and oxygen atoms in total. The zero-order valence-corrected chi connectivity index (χ0v) is 30.3. The maximum atomic E-state index is 11.1. The quantitative estimate of drug-likeness (QED) is 0.150. The van der Waals surface area contributed by atoms with Crippen LogP contribution < -0.4 is 24.4 Å². The van der Waals surface area contributed by atoms with Crippen molar-refractivity contribution in [2.45, 2.75) is 52.7 Å². The fourth-order valence-electron chi connectivity index (χ4n) is 4.91. The summed E-state index contributed by atoms with van der Waals surface area (Å²) in [6.45, 7) is 9.60. The molecule has 0 aromatic heterocycles. The number of amides is 1. The highest BCUT2D eigenvalue weighted by molar-refractivity contribution is 6.30. The lowest BCUT2D eigenvalue weighted by Gasteiger charge is -2.33.